The van der Waals surface area contributed by atoms with Crippen molar-refractivity contribution in [2.75, 3.05) is 52.8 Å². The maximum Gasteiger partial charge on any atom is 0.220 e. The maximum atomic E-state index is 12.9. The van der Waals surface area contributed by atoms with E-state index >= 15 is 0 Å². The van der Waals surface area contributed by atoms with Crippen LogP contribution in [-0.2, 0) is 38.1 Å². The van der Waals surface area contributed by atoms with Gasteiger partial charge in [0, 0.05) is 38.8 Å². The number of amides is 2. The minimum Gasteiger partial charge on any atom is -0.379 e. The van der Waals surface area contributed by atoms with Crippen molar-refractivity contribution in [3.63, 3.8) is 0 Å². The summed E-state index contributed by atoms with van der Waals surface area (Å²) >= 11 is 0. The Bertz CT molecular complexity index is 626. The summed E-state index contributed by atoms with van der Waals surface area (Å²) in [5.41, 5.74) is 5.11. The van der Waals surface area contributed by atoms with Crippen LogP contribution in [0.2, 0.25) is 0 Å². The van der Waals surface area contributed by atoms with Crippen molar-refractivity contribution in [3.8, 4) is 0 Å². The first-order valence-electron chi connectivity index (χ1n) is 15.0. The number of ether oxygens (including phenoxy) is 4. The highest BCUT2D eigenvalue weighted by Gasteiger charge is 2.33. The van der Waals surface area contributed by atoms with Crippen molar-refractivity contribution >= 4 is 24.9 Å². The molecule has 0 spiro atoms. The van der Waals surface area contributed by atoms with E-state index in [-0.39, 0.29) is 38.8 Å². The standard InChI is InChI=1S/C29H55N3O8/c1-2-19-37-23-29(24-38-20-13-18-34,25-39-22-15-27(30)40-21-12-16-31-26-35)32-28(36)14-10-8-6-4-3-5-7-9-11-17-33/h17-18,26-27H,2-16,19-25,30H2,1H3,(H,31,35)(H,32,36). The highest BCUT2D eigenvalue weighted by molar-refractivity contribution is 5.76. The van der Waals surface area contributed by atoms with E-state index in [1.807, 2.05) is 6.92 Å². The summed E-state index contributed by atoms with van der Waals surface area (Å²) in [5, 5.41) is 5.68. The fraction of sp³-hybridized carbons (Fsp3) is 0.862. The van der Waals surface area contributed by atoms with Crippen molar-refractivity contribution in [1.29, 1.82) is 0 Å². The smallest absolute Gasteiger partial charge is 0.220 e. The number of nitrogens with one attached hydrogen (secondary N) is 2. The van der Waals surface area contributed by atoms with Gasteiger partial charge in [0.1, 0.15) is 24.3 Å². The van der Waals surface area contributed by atoms with Crippen LogP contribution in [0.1, 0.15) is 96.8 Å². The van der Waals surface area contributed by atoms with Gasteiger partial charge >= 0.3 is 0 Å². The summed E-state index contributed by atoms with van der Waals surface area (Å²) in [6, 6.07) is 0. The molecule has 234 valence electrons. The number of hydrogen-bond acceptors (Lipinski definition) is 9. The first-order chi connectivity index (χ1) is 19.5. The van der Waals surface area contributed by atoms with Crippen LogP contribution in [0.15, 0.2) is 0 Å². The topological polar surface area (TPSA) is 155 Å². The third-order valence-electron chi connectivity index (χ3n) is 6.17. The minimum atomic E-state index is -0.887. The second kappa shape index (κ2) is 28.6. The van der Waals surface area contributed by atoms with Crippen molar-refractivity contribution in [1.82, 2.24) is 10.6 Å². The van der Waals surface area contributed by atoms with Crippen molar-refractivity contribution in [2.45, 2.75) is 109 Å². The monoisotopic (exact) mass is 573 g/mol. The molecule has 0 rings (SSSR count). The lowest BCUT2D eigenvalue weighted by molar-refractivity contribution is -0.128. The number of carbonyl (C=O) groups excluding carboxylic acids is 4. The number of hydrogen-bond donors (Lipinski definition) is 3. The molecule has 11 nitrogen and oxygen atoms in total. The SMILES string of the molecule is CCCOCC(COCCC=O)(COCCC(N)OCCCNC=O)NC(=O)CCCCCCCCCCC=O. The highest BCUT2D eigenvalue weighted by Crippen LogP contribution is 2.13. The van der Waals surface area contributed by atoms with Gasteiger partial charge in [0.25, 0.3) is 0 Å². The Morgan fingerprint density at radius 1 is 0.775 bits per heavy atom. The van der Waals surface area contributed by atoms with Gasteiger partial charge in [-0.15, -0.1) is 0 Å². The first kappa shape index (κ1) is 38.1. The quantitative estimate of drug-likeness (QED) is 0.0626. The molecule has 2 unspecified atom stereocenters. The van der Waals surface area contributed by atoms with Crippen LogP contribution >= 0.6 is 0 Å². The van der Waals surface area contributed by atoms with E-state index in [2.05, 4.69) is 10.6 Å². The third kappa shape index (κ3) is 23.9. The third-order valence-corrected chi connectivity index (χ3v) is 6.17. The molecule has 0 bridgehead atoms. The molecule has 0 saturated carbocycles. The van der Waals surface area contributed by atoms with Crippen LogP contribution in [0, 0.1) is 0 Å². The van der Waals surface area contributed by atoms with E-state index in [9.17, 15) is 19.2 Å². The van der Waals surface area contributed by atoms with Crippen molar-refractivity contribution < 1.29 is 38.1 Å². The van der Waals surface area contributed by atoms with Crippen LogP contribution in [0.5, 0.6) is 0 Å². The predicted molar refractivity (Wildman–Crippen MR) is 154 cm³/mol. The molecule has 11 heteroatoms. The number of rotatable bonds is 32. The summed E-state index contributed by atoms with van der Waals surface area (Å²) < 4.78 is 23.0. The number of aldehydes is 2. The Kier molecular flexibility index (Phi) is 27.2. The molecule has 0 aromatic heterocycles. The average Bonchev–Trinajstić information content (AvgIpc) is 2.94. The maximum absolute atomic E-state index is 12.9. The van der Waals surface area contributed by atoms with Crippen molar-refractivity contribution in [3.05, 3.63) is 0 Å². The predicted octanol–water partition coefficient (Wildman–Crippen LogP) is 2.82. The Labute approximate surface area is 240 Å². The van der Waals surface area contributed by atoms with E-state index in [0.717, 1.165) is 70.4 Å². The van der Waals surface area contributed by atoms with Crippen LogP contribution in [0.25, 0.3) is 0 Å². The van der Waals surface area contributed by atoms with Gasteiger partial charge < -0.3 is 44.9 Å². The Morgan fingerprint density at radius 3 is 2.00 bits per heavy atom. The lowest BCUT2D eigenvalue weighted by Gasteiger charge is -2.34. The summed E-state index contributed by atoms with van der Waals surface area (Å²) in [5.74, 6) is -0.0829. The first-order valence-corrected chi connectivity index (χ1v) is 15.0. The van der Waals surface area contributed by atoms with Gasteiger partial charge in [0.15, 0.2) is 0 Å². The molecule has 0 aliphatic rings. The van der Waals surface area contributed by atoms with Gasteiger partial charge in [-0.2, -0.15) is 0 Å². The lowest BCUT2D eigenvalue weighted by Crippen LogP contribution is -2.58. The van der Waals surface area contributed by atoms with Gasteiger partial charge in [-0.05, 0) is 25.7 Å². The zero-order valence-electron chi connectivity index (χ0n) is 24.7. The second-order valence-electron chi connectivity index (χ2n) is 10.1. The Morgan fingerprint density at radius 2 is 1.38 bits per heavy atom. The molecular formula is C29H55N3O8. The molecule has 2 amide bonds. The summed E-state index contributed by atoms with van der Waals surface area (Å²) in [4.78, 5) is 44.3. The van der Waals surface area contributed by atoms with Crippen LogP contribution in [-0.4, -0.2) is 89.4 Å². The van der Waals surface area contributed by atoms with Gasteiger partial charge in [0.05, 0.1) is 39.6 Å². The Balaban J connectivity index is 4.70. The van der Waals surface area contributed by atoms with E-state index in [1.165, 1.54) is 0 Å². The average molecular weight is 574 g/mol. The summed E-state index contributed by atoms with van der Waals surface area (Å²) in [6.45, 7) is 4.64. The number of carbonyl (C=O) groups is 4. The molecule has 0 aliphatic carbocycles. The molecule has 2 atom stereocenters. The molecule has 0 heterocycles. The molecular weight excluding hydrogens is 518 g/mol. The summed E-state index contributed by atoms with van der Waals surface area (Å²) in [6.07, 6.45) is 13.6. The zero-order valence-corrected chi connectivity index (χ0v) is 24.7. The van der Waals surface area contributed by atoms with E-state index in [1.54, 1.807) is 0 Å². The molecule has 40 heavy (non-hydrogen) atoms. The number of nitrogens with two attached hydrogens (primary N) is 1. The fourth-order valence-electron chi connectivity index (χ4n) is 3.99. The van der Waals surface area contributed by atoms with Gasteiger partial charge in [-0.1, -0.05) is 45.4 Å². The fourth-order valence-corrected chi connectivity index (χ4v) is 3.99. The van der Waals surface area contributed by atoms with Gasteiger partial charge in [-0.25, -0.2) is 0 Å². The molecule has 4 N–H and O–H groups in total. The highest BCUT2D eigenvalue weighted by atomic mass is 16.5. The lowest BCUT2D eigenvalue weighted by atomic mass is 10.0. The van der Waals surface area contributed by atoms with E-state index in [0.29, 0.717) is 58.5 Å². The number of unbranched alkanes of at least 4 members (excludes halogenated alkanes) is 8. The zero-order chi connectivity index (χ0) is 29.6. The molecule has 0 saturated heterocycles. The van der Waals surface area contributed by atoms with Crippen molar-refractivity contribution in [2.24, 2.45) is 5.73 Å². The van der Waals surface area contributed by atoms with Crippen LogP contribution in [0.3, 0.4) is 0 Å². The molecule has 0 aromatic rings. The second-order valence-corrected chi connectivity index (χ2v) is 10.1. The molecule has 0 fully saturated rings. The Hall–Kier alpha value is -1.92. The molecule has 0 radical (unpaired) electrons. The van der Waals surface area contributed by atoms with Gasteiger partial charge in [0.2, 0.25) is 12.3 Å². The van der Waals surface area contributed by atoms with Gasteiger partial charge in [-0.3, -0.25) is 9.59 Å². The van der Waals surface area contributed by atoms with E-state index in [4.69, 9.17) is 24.7 Å². The van der Waals surface area contributed by atoms with Crippen LogP contribution in [0.4, 0.5) is 0 Å². The normalized spacial score (nSPS) is 13.3. The molecule has 0 aromatic carbocycles. The largest absolute Gasteiger partial charge is 0.379 e. The minimum absolute atomic E-state index is 0.0829. The summed E-state index contributed by atoms with van der Waals surface area (Å²) in [7, 11) is 0. The molecule has 0 aliphatic heterocycles. The van der Waals surface area contributed by atoms with E-state index < -0.39 is 11.8 Å². The van der Waals surface area contributed by atoms with Crippen LogP contribution < -0.4 is 16.4 Å².